The van der Waals surface area contributed by atoms with Gasteiger partial charge < -0.3 is 15.2 Å². The molecule has 0 radical (unpaired) electrons. The van der Waals surface area contributed by atoms with E-state index in [0.29, 0.717) is 12.1 Å². The van der Waals surface area contributed by atoms with Gasteiger partial charge in [-0.15, -0.1) is 0 Å². The molecule has 1 heterocycles. The highest BCUT2D eigenvalue weighted by Gasteiger charge is 2.16. The van der Waals surface area contributed by atoms with Crippen LogP contribution in [0, 0.1) is 0 Å². The van der Waals surface area contributed by atoms with Gasteiger partial charge in [-0.25, -0.2) is 4.79 Å². The van der Waals surface area contributed by atoms with Gasteiger partial charge in [-0.05, 0) is 37.5 Å². The molecule has 5 nitrogen and oxygen atoms in total. The van der Waals surface area contributed by atoms with Gasteiger partial charge in [0.2, 0.25) is 5.91 Å². The van der Waals surface area contributed by atoms with Crippen molar-refractivity contribution in [2.75, 3.05) is 18.2 Å². The predicted molar refractivity (Wildman–Crippen MR) is 95.0 cm³/mol. The van der Waals surface area contributed by atoms with E-state index in [2.05, 4.69) is 10.1 Å². The third kappa shape index (κ3) is 5.66. The van der Waals surface area contributed by atoms with Gasteiger partial charge in [0.1, 0.15) is 11.3 Å². The number of hydrogen-bond donors (Lipinski definition) is 2. The number of methoxy groups -OCH3 is 1. The van der Waals surface area contributed by atoms with Crippen LogP contribution >= 0.6 is 21.6 Å². The summed E-state index contributed by atoms with van der Waals surface area (Å²) in [5.74, 6) is 0.353. The number of unbranched alkanes of at least 4 members (excludes halogenated alkanes) is 1. The fourth-order valence-corrected chi connectivity index (χ4v) is 5.36. The van der Waals surface area contributed by atoms with Gasteiger partial charge in [0.25, 0.3) is 0 Å². The van der Waals surface area contributed by atoms with Crippen molar-refractivity contribution in [3.63, 3.8) is 0 Å². The number of phenolic OH excluding ortho intramolecular Hbond substituents is 1. The van der Waals surface area contributed by atoms with Crippen LogP contribution in [0.15, 0.2) is 18.2 Å². The Hall–Kier alpha value is -1.34. The molecule has 0 aromatic heterocycles. The first-order valence-electron chi connectivity index (χ1n) is 7.59. The summed E-state index contributed by atoms with van der Waals surface area (Å²) in [6.45, 7) is 0. The number of carbonyl (C=O) groups excluding carboxylic acids is 2. The summed E-state index contributed by atoms with van der Waals surface area (Å²) in [6, 6.07) is 4.36. The van der Waals surface area contributed by atoms with Crippen LogP contribution in [0.3, 0.4) is 0 Å². The monoisotopic (exact) mass is 355 g/mol. The molecule has 1 saturated heterocycles. The molecule has 126 valence electrons. The molecule has 0 spiro atoms. The first kappa shape index (κ1) is 18.0. The Balaban J connectivity index is 1.77. The summed E-state index contributed by atoms with van der Waals surface area (Å²) in [4.78, 5) is 23.5. The second kappa shape index (κ2) is 9.08. The first-order chi connectivity index (χ1) is 11.1. The van der Waals surface area contributed by atoms with E-state index in [4.69, 9.17) is 0 Å². The average molecular weight is 355 g/mol. The number of carbonyl (C=O) groups is 2. The van der Waals surface area contributed by atoms with E-state index in [0.717, 1.165) is 24.5 Å². The molecule has 1 fully saturated rings. The number of ether oxygens (including phenoxy) is 1. The molecule has 7 heteroatoms. The predicted octanol–water partition coefficient (Wildman–Crippen LogP) is 3.83. The number of rotatable bonds is 7. The summed E-state index contributed by atoms with van der Waals surface area (Å²) in [7, 11) is 5.14. The molecule has 2 N–H and O–H groups in total. The highest BCUT2D eigenvalue weighted by Crippen LogP contribution is 2.39. The van der Waals surface area contributed by atoms with Crippen molar-refractivity contribution in [3.8, 4) is 5.75 Å². The SMILES string of the molecule is COC(=O)c1cc(NC(=O)CCCCC2CCSS2)ccc1O. The summed E-state index contributed by atoms with van der Waals surface area (Å²) < 4.78 is 4.59. The lowest BCUT2D eigenvalue weighted by molar-refractivity contribution is -0.116. The van der Waals surface area contributed by atoms with Crippen molar-refractivity contribution in [2.45, 2.75) is 37.4 Å². The van der Waals surface area contributed by atoms with Crippen LogP contribution in [0.25, 0.3) is 0 Å². The maximum Gasteiger partial charge on any atom is 0.341 e. The Kier molecular flexibility index (Phi) is 7.11. The van der Waals surface area contributed by atoms with Gasteiger partial charge in [-0.2, -0.15) is 0 Å². The lowest BCUT2D eigenvalue weighted by Gasteiger charge is -2.09. The molecule has 1 amide bonds. The van der Waals surface area contributed by atoms with Crippen LogP contribution in [0.5, 0.6) is 5.75 Å². The molecule has 1 aliphatic heterocycles. The van der Waals surface area contributed by atoms with Crippen LogP contribution in [-0.2, 0) is 9.53 Å². The standard InChI is InChI=1S/C16H21NO4S2/c1-21-16(20)13-10-11(6-7-14(13)18)17-15(19)5-3-2-4-12-8-9-22-23-12/h6-7,10,12,18H,2-5,8-9H2,1H3,(H,17,19). The van der Waals surface area contributed by atoms with Crippen LogP contribution in [-0.4, -0.2) is 35.1 Å². The minimum Gasteiger partial charge on any atom is -0.507 e. The number of nitrogens with one attached hydrogen (secondary N) is 1. The summed E-state index contributed by atoms with van der Waals surface area (Å²) in [5, 5.41) is 13.1. The molecule has 0 aliphatic carbocycles. The van der Waals surface area contributed by atoms with E-state index in [9.17, 15) is 14.7 Å². The Morgan fingerprint density at radius 2 is 2.22 bits per heavy atom. The van der Waals surface area contributed by atoms with Crippen LogP contribution < -0.4 is 5.32 Å². The Morgan fingerprint density at radius 1 is 1.39 bits per heavy atom. The van der Waals surface area contributed by atoms with Crippen LogP contribution in [0.2, 0.25) is 0 Å². The van der Waals surface area contributed by atoms with Crippen molar-refractivity contribution in [1.29, 1.82) is 0 Å². The second-order valence-electron chi connectivity index (χ2n) is 5.35. The smallest absolute Gasteiger partial charge is 0.341 e. The average Bonchev–Trinajstić information content (AvgIpc) is 3.06. The molecule has 1 aliphatic rings. The largest absolute Gasteiger partial charge is 0.507 e. The van der Waals surface area contributed by atoms with Gasteiger partial charge >= 0.3 is 5.97 Å². The number of phenols is 1. The fourth-order valence-electron chi connectivity index (χ4n) is 2.33. The topological polar surface area (TPSA) is 75.6 Å². The van der Waals surface area contributed by atoms with E-state index >= 15 is 0 Å². The molecule has 2 rings (SSSR count). The van der Waals surface area contributed by atoms with Gasteiger partial charge in [0.05, 0.1) is 7.11 Å². The zero-order valence-electron chi connectivity index (χ0n) is 13.0. The van der Waals surface area contributed by atoms with E-state index in [1.165, 1.54) is 31.4 Å². The summed E-state index contributed by atoms with van der Waals surface area (Å²) in [6.07, 6.45) is 4.80. The quantitative estimate of drug-likeness (QED) is 0.335. The Morgan fingerprint density at radius 3 is 2.91 bits per heavy atom. The number of benzene rings is 1. The number of aromatic hydroxyl groups is 1. The summed E-state index contributed by atoms with van der Waals surface area (Å²) in [5.41, 5.74) is 0.525. The minimum atomic E-state index is -0.634. The van der Waals surface area contributed by atoms with Crippen LogP contribution in [0.1, 0.15) is 42.5 Å². The Labute approximate surface area is 144 Å². The highest BCUT2D eigenvalue weighted by molar-refractivity contribution is 8.77. The molecular weight excluding hydrogens is 334 g/mol. The third-order valence-corrected chi connectivity index (χ3v) is 6.60. The normalized spacial score (nSPS) is 17.0. The molecule has 23 heavy (non-hydrogen) atoms. The molecule has 0 saturated carbocycles. The molecule has 1 atom stereocenters. The molecule has 1 unspecified atom stereocenters. The van der Waals surface area contributed by atoms with Gasteiger partial charge in [0.15, 0.2) is 0 Å². The van der Waals surface area contributed by atoms with Gasteiger partial charge in [-0.1, -0.05) is 28.0 Å². The van der Waals surface area contributed by atoms with Gasteiger partial charge in [0, 0.05) is 23.1 Å². The fraction of sp³-hybridized carbons (Fsp3) is 0.500. The van der Waals surface area contributed by atoms with E-state index in [1.807, 2.05) is 21.6 Å². The molecular formula is C16H21NO4S2. The number of anilines is 1. The third-order valence-electron chi connectivity index (χ3n) is 3.59. The van der Waals surface area contributed by atoms with E-state index < -0.39 is 5.97 Å². The zero-order valence-corrected chi connectivity index (χ0v) is 14.7. The van der Waals surface area contributed by atoms with Crippen molar-refractivity contribution >= 4 is 39.2 Å². The first-order valence-corrected chi connectivity index (χ1v) is 9.98. The van der Waals surface area contributed by atoms with Crippen LogP contribution in [0.4, 0.5) is 5.69 Å². The lowest BCUT2D eigenvalue weighted by Crippen LogP contribution is -2.12. The Bertz CT molecular complexity index is 559. The molecule has 1 aromatic carbocycles. The molecule has 0 bridgehead atoms. The number of hydrogen-bond acceptors (Lipinski definition) is 6. The number of esters is 1. The van der Waals surface area contributed by atoms with Crippen molar-refractivity contribution in [2.24, 2.45) is 0 Å². The van der Waals surface area contributed by atoms with Crippen molar-refractivity contribution < 1.29 is 19.4 Å². The zero-order chi connectivity index (χ0) is 16.7. The lowest BCUT2D eigenvalue weighted by atomic mass is 10.1. The van der Waals surface area contributed by atoms with Crippen molar-refractivity contribution in [1.82, 2.24) is 0 Å². The molecule has 1 aromatic rings. The second-order valence-corrected chi connectivity index (χ2v) is 8.13. The summed E-state index contributed by atoms with van der Waals surface area (Å²) >= 11 is 0. The van der Waals surface area contributed by atoms with Gasteiger partial charge in [-0.3, -0.25) is 4.79 Å². The van der Waals surface area contributed by atoms with E-state index in [1.54, 1.807) is 6.07 Å². The highest BCUT2D eigenvalue weighted by atomic mass is 33.1. The van der Waals surface area contributed by atoms with Crippen molar-refractivity contribution in [3.05, 3.63) is 23.8 Å². The van der Waals surface area contributed by atoms with E-state index in [-0.39, 0.29) is 17.2 Å². The maximum absolute atomic E-state index is 11.9. The number of amides is 1. The maximum atomic E-state index is 11.9. The minimum absolute atomic E-state index is 0.0426.